The Morgan fingerprint density at radius 3 is 1.89 bits per heavy atom. The van der Waals surface area contributed by atoms with E-state index in [1.165, 1.54) is 11.1 Å². The third-order valence-electron chi connectivity index (χ3n) is 4.93. The van der Waals surface area contributed by atoms with Gasteiger partial charge in [0, 0.05) is 19.1 Å². The minimum atomic E-state index is -0.980. The number of carbonyl (C=O) groups is 2. The number of hydrogen-bond donors (Lipinski definition) is 1. The van der Waals surface area contributed by atoms with Gasteiger partial charge >= 0.3 is 11.9 Å². The first-order chi connectivity index (χ1) is 13.1. The highest BCUT2D eigenvalue weighted by Gasteiger charge is 2.38. The van der Waals surface area contributed by atoms with E-state index < -0.39 is 11.9 Å². The molecule has 27 heavy (non-hydrogen) atoms. The number of carboxylic acids is 1. The molecule has 3 rings (SSSR count). The summed E-state index contributed by atoms with van der Waals surface area (Å²) in [6.45, 7) is 1.56. The molecule has 0 radical (unpaired) electrons. The van der Waals surface area contributed by atoms with Crippen molar-refractivity contribution in [2.45, 2.75) is 50.9 Å². The fraction of sp³-hybridized carbons (Fsp3) is 0.364. The first-order valence-electron chi connectivity index (χ1n) is 9.35. The Morgan fingerprint density at radius 2 is 1.44 bits per heavy atom. The van der Waals surface area contributed by atoms with Crippen molar-refractivity contribution in [2.24, 2.45) is 0 Å². The van der Waals surface area contributed by atoms with Gasteiger partial charge in [-0.1, -0.05) is 60.7 Å². The van der Waals surface area contributed by atoms with Crippen LogP contribution in [-0.2, 0) is 27.4 Å². The minimum absolute atomic E-state index is 0.0735. The smallest absolute Gasteiger partial charge is 0.306 e. The average molecular weight is 367 g/mol. The van der Waals surface area contributed by atoms with Crippen molar-refractivity contribution in [3.05, 3.63) is 71.8 Å². The predicted molar refractivity (Wildman–Crippen MR) is 102 cm³/mol. The Labute approximate surface area is 159 Å². The summed E-state index contributed by atoms with van der Waals surface area (Å²) in [4.78, 5) is 24.9. The third kappa shape index (κ3) is 5.66. The van der Waals surface area contributed by atoms with Gasteiger partial charge in [0.15, 0.2) is 0 Å². The number of rotatable bonds is 9. The SMILES string of the molecule is O=C(O)CCC(=O)O[C@@H]1CC[C@H]1N(Cc1ccccc1)Cc1ccccc1. The zero-order valence-electron chi connectivity index (χ0n) is 15.3. The molecule has 2 aromatic carbocycles. The molecule has 1 fully saturated rings. The van der Waals surface area contributed by atoms with Crippen molar-refractivity contribution in [3.8, 4) is 0 Å². The van der Waals surface area contributed by atoms with E-state index >= 15 is 0 Å². The maximum absolute atomic E-state index is 11.9. The number of aliphatic carboxylic acids is 1. The van der Waals surface area contributed by atoms with Gasteiger partial charge in [-0.2, -0.15) is 0 Å². The van der Waals surface area contributed by atoms with Crippen LogP contribution >= 0.6 is 0 Å². The van der Waals surface area contributed by atoms with E-state index in [0.29, 0.717) is 0 Å². The first kappa shape index (κ1) is 19.1. The van der Waals surface area contributed by atoms with Crippen LogP contribution in [-0.4, -0.2) is 34.1 Å². The Balaban J connectivity index is 1.66. The zero-order valence-corrected chi connectivity index (χ0v) is 15.3. The molecule has 5 nitrogen and oxygen atoms in total. The molecule has 0 spiro atoms. The highest BCUT2D eigenvalue weighted by Crippen LogP contribution is 2.31. The second kappa shape index (κ2) is 9.33. The van der Waals surface area contributed by atoms with Crippen LogP contribution < -0.4 is 0 Å². The lowest BCUT2D eigenvalue weighted by Gasteiger charge is -2.43. The van der Waals surface area contributed by atoms with E-state index in [2.05, 4.69) is 29.2 Å². The summed E-state index contributed by atoms with van der Waals surface area (Å²) >= 11 is 0. The lowest BCUT2D eigenvalue weighted by Crippen LogP contribution is -2.51. The van der Waals surface area contributed by atoms with Crippen LogP contribution in [0.1, 0.15) is 36.8 Å². The molecule has 5 heteroatoms. The molecular weight excluding hydrogens is 342 g/mol. The van der Waals surface area contributed by atoms with Crippen LogP contribution in [0, 0.1) is 0 Å². The molecule has 1 saturated carbocycles. The third-order valence-corrected chi connectivity index (χ3v) is 4.93. The van der Waals surface area contributed by atoms with E-state index in [-0.39, 0.29) is 25.0 Å². The largest absolute Gasteiger partial charge is 0.481 e. The van der Waals surface area contributed by atoms with Crippen molar-refractivity contribution in [3.63, 3.8) is 0 Å². The number of hydrogen-bond acceptors (Lipinski definition) is 4. The first-order valence-corrected chi connectivity index (χ1v) is 9.35. The highest BCUT2D eigenvalue weighted by atomic mass is 16.5. The quantitative estimate of drug-likeness (QED) is 0.686. The fourth-order valence-electron chi connectivity index (χ4n) is 3.37. The molecule has 0 aromatic heterocycles. The van der Waals surface area contributed by atoms with Gasteiger partial charge in [-0.3, -0.25) is 14.5 Å². The van der Waals surface area contributed by atoms with Gasteiger partial charge in [-0.15, -0.1) is 0 Å². The highest BCUT2D eigenvalue weighted by molar-refractivity contribution is 5.76. The molecule has 0 bridgehead atoms. The zero-order chi connectivity index (χ0) is 19.1. The summed E-state index contributed by atoms with van der Waals surface area (Å²) in [5.74, 6) is -1.40. The number of carboxylic acid groups (broad SMARTS) is 1. The van der Waals surface area contributed by atoms with Gasteiger partial charge in [0.2, 0.25) is 0 Å². The molecule has 0 saturated heterocycles. The molecule has 2 atom stereocenters. The Morgan fingerprint density at radius 1 is 0.889 bits per heavy atom. The summed E-state index contributed by atoms with van der Waals surface area (Å²) in [6, 6.07) is 20.7. The van der Waals surface area contributed by atoms with Crippen LogP contribution in [0.2, 0.25) is 0 Å². The topological polar surface area (TPSA) is 66.8 Å². The van der Waals surface area contributed by atoms with Gasteiger partial charge in [-0.25, -0.2) is 0 Å². The van der Waals surface area contributed by atoms with E-state index in [4.69, 9.17) is 9.84 Å². The number of benzene rings is 2. The lowest BCUT2D eigenvalue weighted by molar-refractivity contribution is -0.162. The Hall–Kier alpha value is -2.66. The monoisotopic (exact) mass is 367 g/mol. The van der Waals surface area contributed by atoms with Gasteiger partial charge in [0.1, 0.15) is 6.10 Å². The maximum atomic E-state index is 11.9. The second-order valence-corrected chi connectivity index (χ2v) is 6.94. The molecule has 0 amide bonds. The summed E-state index contributed by atoms with van der Waals surface area (Å²) in [5.41, 5.74) is 2.44. The summed E-state index contributed by atoms with van der Waals surface area (Å²) in [7, 11) is 0. The van der Waals surface area contributed by atoms with Crippen molar-refractivity contribution < 1.29 is 19.4 Å². The van der Waals surface area contributed by atoms with Crippen LogP contribution in [0.4, 0.5) is 0 Å². The van der Waals surface area contributed by atoms with Crippen LogP contribution in [0.25, 0.3) is 0 Å². The van der Waals surface area contributed by atoms with Gasteiger partial charge < -0.3 is 9.84 Å². The molecule has 142 valence electrons. The molecule has 1 N–H and O–H groups in total. The number of ether oxygens (including phenoxy) is 1. The number of nitrogens with zero attached hydrogens (tertiary/aromatic N) is 1. The maximum Gasteiger partial charge on any atom is 0.306 e. The molecule has 2 aromatic rings. The van der Waals surface area contributed by atoms with Gasteiger partial charge in [0.05, 0.1) is 12.8 Å². The molecular formula is C22H25NO4. The van der Waals surface area contributed by atoms with Crippen LogP contribution in [0.5, 0.6) is 0 Å². The lowest BCUT2D eigenvalue weighted by atomic mass is 9.86. The second-order valence-electron chi connectivity index (χ2n) is 6.94. The molecule has 1 aliphatic rings. The molecule has 1 aliphatic carbocycles. The van der Waals surface area contributed by atoms with Gasteiger partial charge in [-0.05, 0) is 24.0 Å². The van der Waals surface area contributed by atoms with E-state index in [1.54, 1.807) is 0 Å². The van der Waals surface area contributed by atoms with E-state index in [0.717, 1.165) is 25.9 Å². The Kier molecular flexibility index (Phi) is 6.60. The van der Waals surface area contributed by atoms with E-state index in [1.807, 2.05) is 36.4 Å². The van der Waals surface area contributed by atoms with Crippen molar-refractivity contribution >= 4 is 11.9 Å². The average Bonchev–Trinajstić information content (AvgIpc) is 2.65. The minimum Gasteiger partial charge on any atom is -0.481 e. The normalized spacial score (nSPS) is 18.7. The molecule has 0 aliphatic heterocycles. The molecule has 0 heterocycles. The standard InChI is InChI=1S/C22H25NO4/c24-21(25)13-14-22(26)27-20-12-11-19(20)23(15-17-7-3-1-4-8-17)16-18-9-5-2-6-10-18/h1-10,19-20H,11-16H2,(H,24,25)/t19-,20-/m1/s1. The van der Waals surface area contributed by atoms with Crippen molar-refractivity contribution in [1.29, 1.82) is 0 Å². The van der Waals surface area contributed by atoms with Gasteiger partial charge in [0.25, 0.3) is 0 Å². The van der Waals surface area contributed by atoms with Crippen LogP contribution in [0.15, 0.2) is 60.7 Å². The van der Waals surface area contributed by atoms with Crippen molar-refractivity contribution in [1.82, 2.24) is 4.90 Å². The molecule has 0 unspecified atom stereocenters. The van der Waals surface area contributed by atoms with E-state index in [9.17, 15) is 9.59 Å². The summed E-state index contributed by atoms with van der Waals surface area (Å²) < 4.78 is 5.56. The number of carbonyl (C=O) groups excluding carboxylic acids is 1. The fourth-order valence-corrected chi connectivity index (χ4v) is 3.37. The van der Waals surface area contributed by atoms with Crippen molar-refractivity contribution in [2.75, 3.05) is 0 Å². The van der Waals surface area contributed by atoms with Crippen LogP contribution in [0.3, 0.4) is 0 Å². The summed E-state index contributed by atoms with van der Waals surface area (Å²) in [6.07, 6.45) is 1.36. The summed E-state index contributed by atoms with van der Waals surface area (Å²) in [5, 5.41) is 8.72. The number of esters is 1. The Bertz CT molecular complexity index is 706. The predicted octanol–water partition coefficient (Wildman–Crippen LogP) is 3.63.